The minimum atomic E-state index is -0.205. The average molecular weight is 266 g/mol. The van der Waals surface area contributed by atoms with Gasteiger partial charge >= 0.3 is 0 Å². The number of hydrogen-bond donors (Lipinski definition) is 1. The van der Waals surface area contributed by atoms with Gasteiger partial charge in [0.1, 0.15) is 10.2 Å². The Labute approximate surface area is 94.5 Å². The van der Waals surface area contributed by atoms with Crippen molar-refractivity contribution in [3.63, 3.8) is 0 Å². The van der Waals surface area contributed by atoms with Crippen LogP contribution in [0.1, 0.15) is 5.69 Å². The van der Waals surface area contributed by atoms with Crippen LogP contribution in [0.4, 0.5) is 0 Å². The maximum Gasteiger partial charge on any atom is 0.265 e. The SMILES string of the molecule is Cc1cccc(-c2ncc(Br)c(=O)[nH]2)n1. The number of aromatic nitrogens is 3. The summed E-state index contributed by atoms with van der Waals surface area (Å²) < 4.78 is 0.416. The third-order valence-corrected chi connectivity index (χ3v) is 2.45. The Morgan fingerprint density at radius 1 is 1.40 bits per heavy atom. The molecule has 0 fully saturated rings. The van der Waals surface area contributed by atoms with Gasteiger partial charge in [-0.05, 0) is 35.0 Å². The van der Waals surface area contributed by atoms with Gasteiger partial charge in [-0.15, -0.1) is 0 Å². The van der Waals surface area contributed by atoms with E-state index in [1.807, 2.05) is 19.1 Å². The number of nitrogens with one attached hydrogen (secondary N) is 1. The number of pyridine rings is 1. The van der Waals surface area contributed by atoms with Crippen LogP contribution in [0.25, 0.3) is 11.5 Å². The Bertz CT molecular complexity index is 550. The van der Waals surface area contributed by atoms with Crippen molar-refractivity contribution in [2.45, 2.75) is 6.92 Å². The third-order valence-electron chi connectivity index (χ3n) is 1.89. The van der Waals surface area contributed by atoms with Crippen LogP contribution in [0.5, 0.6) is 0 Å². The second kappa shape index (κ2) is 3.94. The normalized spacial score (nSPS) is 10.3. The van der Waals surface area contributed by atoms with Crippen LogP contribution < -0.4 is 5.56 Å². The van der Waals surface area contributed by atoms with E-state index in [1.165, 1.54) is 6.20 Å². The van der Waals surface area contributed by atoms with Crippen molar-refractivity contribution in [1.82, 2.24) is 15.0 Å². The Hall–Kier alpha value is -1.49. The zero-order valence-corrected chi connectivity index (χ0v) is 9.58. The van der Waals surface area contributed by atoms with Gasteiger partial charge in [-0.3, -0.25) is 4.79 Å². The topological polar surface area (TPSA) is 58.6 Å². The molecule has 0 aliphatic rings. The summed E-state index contributed by atoms with van der Waals surface area (Å²) in [5, 5.41) is 0. The standard InChI is InChI=1S/C10H8BrN3O/c1-6-3-2-4-8(13-6)9-12-5-7(11)10(15)14-9/h2-5H,1H3,(H,12,14,15). The monoisotopic (exact) mass is 265 g/mol. The van der Waals surface area contributed by atoms with E-state index in [2.05, 4.69) is 30.9 Å². The van der Waals surface area contributed by atoms with Crippen LogP contribution in [-0.4, -0.2) is 15.0 Å². The molecule has 1 N–H and O–H groups in total. The lowest BCUT2D eigenvalue weighted by Crippen LogP contribution is -2.09. The van der Waals surface area contributed by atoms with Crippen molar-refractivity contribution in [2.75, 3.05) is 0 Å². The molecular weight excluding hydrogens is 258 g/mol. The van der Waals surface area contributed by atoms with Crippen LogP contribution in [-0.2, 0) is 0 Å². The second-order valence-corrected chi connectivity index (χ2v) is 3.93. The van der Waals surface area contributed by atoms with Gasteiger partial charge in [0.05, 0.1) is 0 Å². The predicted molar refractivity (Wildman–Crippen MR) is 60.5 cm³/mol. The van der Waals surface area contributed by atoms with Crippen molar-refractivity contribution in [2.24, 2.45) is 0 Å². The molecule has 2 rings (SSSR count). The molecule has 2 aromatic rings. The van der Waals surface area contributed by atoms with Gasteiger partial charge < -0.3 is 4.98 Å². The lowest BCUT2D eigenvalue weighted by atomic mass is 10.3. The van der Waals surface area contributed by atoms with E-state index in [-0.39, 0.29) is 5.56 Å². The maximum atomic E-state index is 11.3. The Balaban J connectivity index is 2.55. The third kappa shape index (κ3) is 2.12. The highest BCUT2D eigenvalue weighted by atomic mass is 79.9. The minimum Gasteiger partial charge on any atom is -0.304 e. The lowest BCUT2D eigenvalue weighted by molar-refractivity contribution is 1.07. The molecule has 0 saturated carbocycles. The molecule has 0 radical (unpaired) electrons. The Kier molecular flexibility index (Phi) is 2.64. The van der Waals surface area contributed by atoms with Crippen molar-refractivity contribution in [1.29, 1.82) is 0 Å². The van der Waals surface area contributed by atoms with Gasteiger partial charge in [-0.2, -0.15) is 0 Å². The van der Waals surface area contributed by atoms with Crippen molar-refractivity contribution in [3.8, 4) is 11.5 Å². The summed E-state index contributed by atoms with van der Waals surface area (Å²) in [5.41, 5.74) is 1.35. The molecule has 5 heteroatoms. The summed E-state index contributed by atoms with van der Waals surface area (Å²) >= 11 is 3.09. The zero-order valence-electron chi connectivity index (χ0n) is 7.99. The van der Waals surface area contributed by atoms with Gasteiger partial charge in [0.25, 0.3) is 5.56 Å². The van der Waals surface area contributed by atoms with Crippen LogP contribution in [0.2, 0.25) is 0 Å². The van der Waals surface area contributed by atoms with Gasteiger partial charge in [0, 0.05) is 11.9 Å². The molecular formula is C10H8BrN3O. The minimum absolute atomic E-state index is 0.205. The largest absolute Gasteiger partial charge is 0.304 e. The highest BCUT2D eigenvalue weighted by Gasteiger charge is 2.03. The first-order valence-corrected chi connectivity index (χ1v) is 5.15. The van der Waals surface area contributed by atoms with E-state index >= 15 is 0 Å². The summed E-state index contributed by atoms with van der Waals surface area (Å²) in [5.74, 6) is 0.479. The van der Waals surface area contributed by atoms with Gasteiger partial charge in [-0.1, -0.05) is 6.07 Å². The molecule has 0 aromatic carbocycles. The van der Waals surface area contributed by atoms with E-state index in [0.717, 1.165) is 5.69 Å². The summed E-state index contributed by atoms with van der Waals surface area (Å²) in [4.78, 5) is 22.3. The molecule has 76 valence electrons. The van der Waals surface area contributed by atoms with Crippen LogP contribution in [0.3, 0.4) is 0 Å². The summed E-state index contributed by atoms with van der Waals surface area (Å²) in [6.07, 6.45) is 1.47. The number of hydrogen-bond acceptors (Lipinski definition) is 3. The molecule has 0 unspecified atom stereocenters. The molecule has 15 heavy (non-hydrogen) atoms. The first-order chi connectivity index (χ1) is 7.16. The van der Waals surface area contributed by atoms with E-state index in [1.54, 1.807) is 6.07 Å². The molecule has 0 amide bonds. The van der Waals surface area contributed by atoms with Crippen LogP contribution in [0.15, 0.2) is 33.7 Å². The fourth-order valence-corrected chi connectivity index (χ4v) is 1.39. The van der Waals surface area contributed by atoms with Gasteiger partial charge in [0.2, 0.25) is 0 Å². The average Bonchev–Trinajstić information content (AvgIpc) is 2.22. The number of nitrogens with zero attached hydrogens (tertiary/aromatic N) is 2. The smallest absolute Gasteiger partial charge is 0.265 e. The lowest BCUT2D eigenvalue weighted by Gasteiger charge is -2.00. The first kappa shape index (κ1) is 10.0. The van der Waals surface area contributed by atoms with Crippen molar-refractivity contribution < 1.29 is 0 Å². The Morgan fingerprint density at radius 2 is 2.20 bits per heavy atom. The van der Waals surface area contributed by atoms with E-state index in [9.17, 15) is 4.79 Å². The molecule has 0 spiro atoms. The van der Waals surface area contributed by atoms with E-state index in [0.29, 0.717) is 16.0 Å². The van der Waals surface area contributed by atoms with Crippen molar-refractivity contribution in [3.05, 3.63) is 44.9 Å². The van der Waals surface area contributed by atoms with Gasteiger partial charge in [0.15, 0.2) is 5.82 Å². The molecule has 0 saturated heterocycles. The molecule has 0 aliphatic carbocycles. The molecule has 0 bridgehead atoms. The fraction of sp³-hybridized carbons (Fsp3) is 0.100. The first-order valence-electron chi connectivity index (χ1n) is 4.35. The molecule has 0 aliphatic heterocycles. The molecule has 2 aromatic heterocycles. The molecule has 2 heterocycles. The highest BCUT2D eigenvalue weighted by Crippen LogP contribution is 2.11. The fourth-order valence-electron chi connectivity index (χ4n) is 1.18. The quantitative estimate of drug-likeness (QED) is 0.857. The second-order valence-electron chi connectivity index (χ2n) is 3.07. The summed E-state index contributed by atoms with van der Waals surface area (Å²) in [6.45, 7) is 1.89. The maximum absolute atomic E-state index is 11.3. The van der Waals surface area contributed by atoms with Crippen LogP contribution >= 0.6 is 15.9 Å². The van der Waals surface area contributed by atoms with Crippen LogP contribution in [0, 0.1) is 6.92 Å². The van der Waals surface area contributed by atoms with Gasteiger partial charge in [-0.25, -0.2) is 9.97 Å². The highest BCUT2D eigenvalue weighted by molar-refractivity contribution is 9.10. The zero-order chi connectivity index (χ0) is 10.8. The Morgan fingerprint density at radius 3 is 2.87 bits per heavy atom. The predicted octanol–water partition coefficient (Wildman–Crippen LogP) is 1.90. The van der Waals surface area contributed by atoms with Crippen molar-refractivity contribution >= 4 is 15.9 Å². The van der Waals surface area contributed by atoms with E-state index < -0.39 is 0 Å². The number of aryl methyl sites for hydroxylation is 1. The van der Waals surface area contributed by atoms with E-state index in [4.69, 9.17) is 0 Å². The number of rotatable bonds is 1. The molecule has 0 atom stereocenters. The number of aromatic amines is 1. The number of H-pyrrole nitrogens is 1. The number of halogens is 1. The summed E-state index contributed by atoms with van der Waals surface area (Å²) in [7, 11) is 0. The molecule has 4 nitrogen and oxygen atoms in total. The summed E-state index contributed by atoms with van der Waals surface area (Å²) in [6, 6.07) is 5.57.